The average Bonchev–Trinajstić information content (AvgIpc) is 3.04. The molecule has 1 atom stereocenters. The average molecular weight is 537 g/mol. The number of fused-ring (bicyclic) bond motifs is 3. The number of nitrogens with zero attached hydrogens (tertiary/aromatic N) is 2. The number of hydrogen-bond donors (Lipinski definition) is 1. The summed E-state index contributed by atoms with van der Waals surface area (Å²) < 4.78 is 4.62. The molecule has 6 rings (SSSR count). The zero-order valence-corrected chi connectivity index (χ0v) is 24.2. The maximum atomic E-state index is 2.31. The zero-order chi connectivity index (χ0) is 28.2. The minimum Gasteiger partial charge on any atom is -0.276 e. The molecule has 3 heteroatoms. The van der Waals surface area contributed by atoms with E-state index in [9.17, 15) is 0 Å². The highest BCUT2D eigenvalue weighted by Crippen LogP contribution is 2.29. The summed E-state index contributed by atoms with van der Waals surface area (Å²) in [7, 11) is 0. The Morgan fingerprint density at radius 1 is 0.732 bits per heavy atom. The van der Waals surface area contributed by atoms with Crippen LogP contribution >= 0.6 is 0 Å². The SMILES string of the molecule is CC[n+]1ccc(C=CC(=CC=C2C=C[NH+](CC)c3ccccc32)c2cc[n+](CC)c3ccccc23)c2ccccc21. The second-order valence-corrected chi connectivity index (χ2v) is 10.4. The van der Waals surface area contributed by atoms with Crippen molar-refractivity contribution >= 4 is 44.7 Å². The maximum absolute atomic E-state index is 2.31. The normalized spacial score (nSPS) is 16.2. The highest BCUT2D eigenvalue weighted by atomic mass is 15.1. The molecular weight excluding hydrogens is 498 g/mol. The van der Waals surface area contributed by atoms with Crippen molar-refractivity contribution in [2.24, 2.45) is 0 Å². The van der Waals surface area contributed by atoms with E-state index in [0.717, 1.165) is 19.6 Å². The van der Waals surface area contributed by atoms with Gasteiger partial charge in [0.15, 0.2) is 12.4 Å². The van der Waals surface area contributed by atoms with Gasteiger partial charge in [0.1, 0.15) is 18.8 Å². The Kier molecular flexibility index (Phi) is 7.71. The van der Waals surface area contributed by atoms with Gasteiger partial charge in [-0.25, -0.2) is 0 Å². The Balaban J connectivity index is 1.52. The lowest BCUT2D eigenvalue weighted by atomic mass is 9.96. The van der Waals surface area contributed by atoms with E-state index >= 15 is 0 Å². The van der Waals surface area contributed by atoms with E-state index in [1.54, 1.807) is 0 Å². The van der Waals surface area contributed by atoms with Gasteiger partial charge in [-0.2, -0.15) is 9.13 Å². The zero-order valence-electron chi connectivity index (χ0n) is 24.2. The Morgan fingerprint density at radius 2 is 1.39 bits per heavy atom. The lowest BCUT2D eigenvalue weighted by molar-refractivity contribution is -0.773. The lowest BCUT2D eigenvalue weighted by Gasteiger charge is -2.20. The van der Waals surface area contributed by atoms with E-state index in [-0.39, 0.29) is 0 Å². The van der Waals surface area contributed by atoms with Crippen LogP contribution in [0, 0.1) is 0 Å². The summed E-state index contributed by atoms with van der Waals surface area (Å²) in [5.74, 6) is 0. The predicted octanol–water partition coefficient (Wildman–Crippen LogP) is 6.85. The Labute approximate surface area is 243 Å². The van der Waals surface area contributed by atoms with E-state index in [1.807, 2.05) is 0 Å². The molecule has 0 aliphatic carbocycles. The van der Waals surface area contributed by atoms with Crippen LogP contribution in [0.15, 0.2) is 128 Å². The fourth-order valence-corrected chi connectivity index (χ4v) is 5.98. The van der Waals surface area contributed by atoms with E-state index in [1.165, 1.54) is 60.2 Å². The van der Waals surface area contributed by atoms with Gasteiger partial charge in [-0.3, -0.25) is 4.90 Å². The fraction of sp³-hybridized carbons (Fsp3) is 0.158. The number of para-hydroxylation sites is 3. The number of aromatic nitrogens is 2. The Hall–Kier alpha value is -4.60. The van der Waals surface area contributed by atoms with Crippen LogP contribution in [-0.4, -0.2) is 6.54 Å². The van der Waals surface area contributed by atoms with Crippen molar-refractivity contribution < 1.29 is 14.0 Å². The first-order chi connectivity index (χ1) is 20.2. The van der Waals surface area contributed by atoms with Crippen molar-refractivity contribution in [1.29, 1.82) is 0 Å². The van der Waals surface area contributed by atoms with Crippen molar-refractivity contribution in [3.63, 3.8) is 0 Å². The number of nitrogens with one attached hydrogen (secondary N) is 1. The van der Waals surface area contributed by atoms with Crippen LogP contribution in [0.4, 0.5) is 5.69 Å². The second-order valence-electron chi connectivity index (χ2n) is 10.4. The molecule has 0 fully saturated rings. The second kappa shape index (κ2) is 11.9. The first-order valence-corrected chi connectivity index (χ1v) is 14.8. The van der Waals surface area contributed by atoms with Gasteiger partial charge in [0.2, 0.25) is 11.0 Å². The third-order valence-corrected chi connectivity index (χ3v) is 8.19. The van der Waals surface area contributed by atoms with Crippen LogP contribution in [0.3, 0.4) is 0 Å². The van der Waals surface area contributed by atoms with Gasteiger partial charge < -0.3 is 0 Å². The number of hydrogen-bond acceptors (Lipinski definition) is 0. The first-order valence-electron chi connectivity index (χ1n) is 14.8. The molecule has 0 radical (unpaired) electrons. The molecule has 1 aliphatic heterocycles. The van der Waals surface area contributed by atoms with E-state index in [4.69, 9.17) is 0 Å². The quantitative estimate of drug-likeness (QED) is 0.172. The number of quaternary nitrogens is 1. The van der Waals surface area contributed by atoms with Crippen LogP contribution in [0.25, 0.3) is 39.0 Å². The first kappa shape index (κ1) is 26.6. The van der Waals surface area contributed by atoms with Gasteiger partial charge in [-0.15, -0.1) is 0 Å². The van der Waals surface area contributed by atoms with Crippen molar-refractivity contribution in [2.45, 2.75) is 33.9 Å². The molecule has 0 saturated heterocycles. The molecule has 0 bridgehead atoms. The van der Waals surface area contributed by atoms with Gasteiger partial charge >= 0.3 is 0 Å². The van der Waals surface area contributed by atoms with Crippen molar-refractivity contribution in [1.82, 2.24) is 0 Å². The molecule has 0 spiro atoms. The molecule has 1 N–H and O–H groups in total. The van der Waals surface area contributed by atoms with Crippen LogP contribution < -0.4 is 14.0 Å². The third-order valence-electron chi connectivity index (χ3n) is 8.19. The molecule has 202 valence electrons. The Bertz CT molecular complexity index is 1860. The molecule has 0 amide bonds. The molecule has 0 saturated carbocycles. The van der Waals surface area contributed by atoms with Crippen LogP contribution in [0.1, 0.15) is 37.5 Å². The molecule has 2 aromatic heterocycles. The van der Waals surface area contributed by atoms with E-state index in [2.05, 4.69) is 164 Å². The topological polar surface area (TPSA) is 12.2 Å². The third kappa shape index (κ3) is 5.17. The minimum absolute atomic E-state index is 0.936. The summed E-state index contributed by atoms with van der Waals surface area (Å²) in [4.78, 5) is 1.39. The van der Waals surface area contributed by atoms with Gasteiger partial charge in [0.05, 0.1) is 23.5 Å². The largest absolute Gasteiger partial charge is 0.276 e. The van der Waals surface area contributed by atoms with Crippen molar-refractivity contribution in [3.05, 3.63) is 145 Å². The smallest absolute Gasteiger partial charge is 0.213 e. The van der Waals surface area contributed by atoms with Crippen molar-refractivity contribution in [3.8, 4) is 0 Å². The molecule has 1 unspecified atom stereocenters. The van der Waals surface area contributed by atoms with E-state index < -0.39 is 0 Å². The molecule has 5 aromatic rings. The number of pyridine rings is 2. The molecular formula is C38H38N3+3. The Morgan fingerprint density at radius 3 is 2.15 bits per heavy atom. The fourth-order valence-electron chi connectivity index (χ4n) is 5.98. The highest BCUT2D eigenvalue weighted by Gasteiger charge is 2.19. The van der Waals surface area contributed by atoms with Gasteiger partial charge in [0.25, 0.3) is 0 Å². The molecule has 3 heterocycles. The van der Waals surface area contributed by atoms with Crippen molar-refractivity contribution in [2.75, 3.05) is 6.54 Å². The monoisotopic (exact) mass is 536 g/mol. The summed E-state index contributed by atoms with van der Waals surface area (Å²) in [5, 5.41) is 2.52. The summed E-state index contributed by atoms with van der Waals surface area (Å²) in [5.41, 5.74) is 10.0. The molecule has 3 nitrogen and oxygen atoms in total. The number of aryl methyl sites for hydroxylation is 2. The number of rotatable bonds is 7. The predicted molar refractivity (Wildman–Crippen MR) is 171 cm³/mol. The van der Waals surface area contributed by atoms with Gasteiger partial charge in [0, 0.05) is 41.5 Å². The number of benzene rings is 3. The van der Waals surface area contributed by atoms with Gasteiger partial charge in [-0.1, -0.05) is 60.7 Å². The summed E-state index contributed by atoms with van der Waals surface area (Å²) in [6.07, 6.45) is 18.1. The highest BCUT2D eigenvalue weighted by molar-refractivity contribution is 5.96. The summed E-state index contributed by atoms with van der Waals surface area (Å²) in [6.45, 7) is 9.53. The minimum atomic E-state index is 0.936. The number of allylic oxidation sites excluding steroid dienone is 6. The molecule has 3 aromatic carbocycles. The van der Waals surface area contributed by atoms with Crippen LogP contribution in [-0.2, 0) is 13.1 Å². The van der Waals surface area contributed by atoms with Gasteiger partial charge in [-0.05, 0) is 61.8 Å². The summed E-state index contributed by atoms with van der Waals surface area (Å²) in [6, 6.07) is 30.7. The summed E-state index contributed by atoms with van der Waals surface area (Å²) >= 11 is 0. The van der Waals surface area contributed by atoms with Crippen LogP contribution in [0.2, 0.25) is 0 Å². The van der Waals surface area contributed by atoms with Crippen LogP contribution in [0.5, 0.6) is 0 Å². The maximum Gasteiger partial charge on any atom is 0.213 e. The standard InChI is InChI=1S/C38H37N3/c1-4-39-26-23-30(33-13-7-10-16-36(33)39)21-19-29(32-25-28-41(6-3)38-18-12-9-15-35(32)38)20-22-31-24-27-40(5-2)37-17-11-8-14-34(31)37/h7-28H,4-6H2,1-3H3/q+2/p+1. The van der Waals surface area contributed by atoms with E-state index in [0.29, 0.717) is 0 Å². The molecule has 41 heavy (non-hydrogen) atoms. The molecule has 1 aliphatic rings. The lowest BCUT2D eigenvalue weighted by Crippen LogP contribution is -3.02.